The third-order valence-electron chi connectivity index (χ3n) is 7.68. The van der Waals surface area contributed by atoms with Crippen LogP contribution in [-0.4, -0.2) is 94.5 Å². The maximum atomic E-state index is 13.5. The molecule has 0 spiro atoms. The lowest BCUT2D eigenvalue weighted by atomic mass is 10.0. The number of benzene rings is 3. The summed E-state index contributed by atoms with van der Waals surface area (Å²) < 4.78 is 19.8. The second-order valence-corrected chi connectivity index (χ2v) is 11.2. The number of carboxylic acid groups (broad SMARTS) is 1. The number of anilines is 1. The molecule has 47 heavy (non-hydrogen) atoms. The first kappa shape index (κ1) is 34.9. The summed E-state index contributed by atoms with van der Waals surface area (Å²) in [5.74, 6) is -0.726. The molecule has 0 aromatic heterocycles. The molecule has 1 fully saturated rings. The number of hydroxylamine groups is 3. The van der Waals surface area contributed by atoms with Gasteiger partial charge in [0.15, 0.2) is 25.9 Å². The molecule has 1 aliphatic rings. The van der Waals surface area contributed by atoms with Gasteiger partial charge in [-0.25, -0.2) is 4.79 Å². The van der Waals surface area contributed by atoms with E-state index in [1.807, 2.05) is 25.1 Å². The molecule has 0 saturated carbocycles. The number of nitrogens with one attached hydrogen (secondary N) is 1. The van der Waals surface area contributed by atoms with Crippen molar-refractivity contribution in [1.82, 2.24) is 5.32 Å². The third-order valence-corrected chi connectivity index (χ3v) is 7.68. The van der Waals surface area contributed by atoms with Crippen LogP contribution in [0.4, 0.5) is 10.5 Å². The first-order valence-electron chi connectivity index (χ1n) is 15.0. The number of ether oxygens (including phenoxy) is 4. The number of nitrogens with zero attached hydrogens (tertiary/aromatic N) is 2. The van der Waals surface area contributed by atoms with E-state index in [-0.39, 0.29) is 43.6 Å². The van der Waals surface area contributed by atoms with Gasteiger partial charge in [0, 0.05) is 51.6 Å². The number of ketones is 1. The molecule has 0 bridgehead atoms. The van der Waals surface area contributed by atoms with Crippen molar-refractivity contribution < 1.29 is 52.7 Å². The molecule has 250 valence electrons. The molecule has 0 aliphatic carbocycles. The maximum absolute atomic E-state index is 13.5. The summed E-state index contributed by atoms with van der Waals surface area (Å²) in [6.07, 6.45) is 0.245. The minimum atomic E-state index is -1.35. The molecule has 13 heteroatoms. The molecule has 0 radical (unpaired) electrons. The van der Waals surface area contributed by atoms with Crippen LogP contribution in [0, 0.1) is 0 Å². The van der Waals surface area contributed by atoms with Gasteiger partial charge >= 0.3 is 12.1 Å². The zero-order chi connectivity index (χ0) is 34.0. The van der Waals surface area contributed by atoms with E-state index in [0.29, 0.717) is 41.9 Å². The maximum Gasteiger partial charge on any atom is 0.556 e. The lowest BCUT2D eigenvalue weighted by Crippen LogP contribution is -2.58. The van der Waals surface area contributed by atoms with E-state index in [9.17, 15) is 24.3 Å². The second kappa shape index (κ2) is 16.0. The van der Waals surface area contributed by atoms with Gasteiger partial charge in [-0.2, -0.15) is 4.79 Å². The zero-order valence-corrected chi connectivity index (χ0v) is 26.9. The van der Waals surface area contributed by atoms with Crippen molar-refractivity contribution in [3.63, 3.8) is 0 Å². The molecule has 4 rings (SSSR count). The van der Waals surface area contributed by atoms with E-state index in [0.717, 1.165) is 5.69 Å². The van der Waals surface area contributed by atoms with Gasteiger partial charge in [-0.05, 0) is 72.1 Å². The first-order chi connectivity index (χ1) is 22.6. The van der Waals surface area contributed by atoms with Gasteiger partial charge < -0.3 is 34.3 Å². The fourth-order valence-corrected chi connectivity index (χ4v) is 5.15. The third kappa shape index (κ3) is 8.85. The van der Waals surface area contributed by atoms with Gasteiger partial charge in [0.25, 0.3) is 5.91 Å². The number of hydrogen-bond donors (Lipinski definition) is 2. The predicted octanol–water partition coefficient (Wildman–Crippen LogP) is 4.50. The minimum absolute atomic E-state index is 0.0298. The summed E-state index contributed by atoms with van der Waals surface area (Å²) in [4.78, 5) is 59.9. The number of amides is 2. The highest BCUT2D eigenvalue weighted by atomic mass is 16.8. The molecule has 1 saturated heterocycles. The minimum Gasteiger partial charge on any atom is -0.468 e. The fraction of sp³-hybridized carbons (Fsp3) is 0.353. The summed E-state index contributed by atoms with van der Waals surface area (Å²) in [5.41, 5.74) is 1.83. The summed E-state index contributed by atoms with van der Waals surface area (Å²) in [6, 6.07) is 16.9. The van der Waals surface area contributed by atoms with Crippen molar-refractivity contribution in [2.45, 2.75) is 25.3 Å². The monoisotopic (exact) mass is 650 g/mol. The number of quaternary nitrogens is 1. The molecule has 2 unspecified atom stereocenters. The molecule has 3 aromatic rings. The van der Waals surface area contributed by atoms with Crippen LogP contribution in [0.15, 0.2) is 66.7 Å². The molecule has 2 atom stereocenters. The summed E-state index contributed by atoms with van der Waals surface area (Å²) in [5, 5.41) is 13.2. The number of hydrogen-bond acceptors (Lipinski definition) is 10. The summed E-state index contributed by atoms with van der Waals surface area (Å²) in [7, 11) is 6.69. The largest absolute Gasteiger partial charge is 0.556 e. The average molecular weight is 651 g/mol. The Morgan fingerprint density at radius 1 is 0.851 bits per heavy atom. The van der Waals surface area contributed by atoms with E-state index in [2.05, 4.69) is 5.32 Å². The highest BCUT2D eigenvalue weighted by Gasteiger charge is 2.46. The highest BCUT2D eigenvalue weighted by molar-refractivity contribution is 6.11. The molecule has 2 amide bonds. The average Bonchev–Trinajstić information content (AvgIpc) is 3.28. The SMILES string of the molecule is COCOc1ccc(C(=O)NC2CCCC[N+](OC(=O)c3ccc(C(=O)c4cc(N(C)C)ccc4OCOC)cc3)(C(=O)O)C2)cc1. The number of rotatable bonds is 12. The molecule has 1 heterocycles. The van der Waals surface area contributed by atoms with E-state index < -0.39 is 28.7 Å². The fourth-order valence-electron chi connectivity index (χ4n) is 5.15. The number of carbonyl (C=O) groups is 4. The molecular formula is C34H40N3O10+. The van der Waals surface area contributed by atoms with Crippen LogP contribution < -0.4 is 19.7 Å². The van der Waals surface area contributed by atoms with E-state index in [1.54, 1.807) is 36.4 Å². The molecule has 1 aliphatic heterocycles. The Labute approximate surface area is 273 Å². The van der Waals surface area contributed by atoms with Crippen molar-refractivity contribution in [2.24, 2.45) is 0 Å². The van der Waals surface area contributed by atoms with Crippen molar-refractivity contribution in [3.05, 3.63) is 89.0 Å². The molecule has 13 nitrogen and oxygen atoms in total. The van der Waals surface area contributed by atoms with E-state index in [4.69, 9.17) is 23.8 Å². The number of methoxy groups -OCH3 is 2. The quantitative estimate of drug-likeness (QED) is 0.162. The van der Waals surface area contributed by atoms with Crippen molar-refractivity contribution in [3.8, 4) is 11.5 Å². The van der Waals surface area contributed by atoms with Crippen molar-refractivity contribution in [1.29, 1.82) is 0 Å². The standard InChI is InChI=1S/C34H39N3O10/c1-36(2)27-14-17-30(46-22-44-4)29(19-27)31(38)23-8-10-25(11-9-23)33(40)47-37(34(41)42)18-6-5-7-26(20-37)35-32(39)24-12-15-28(16-13-24)45-21-43-3/h8-17,19,26H,5-7,18,20-22H2,1-4H3,(H-,35,39,41,42)/p+1. The van der Waals surface area contributed by atoms with Gasteiger partial charge in [0.1, 0.15) is 18.0 Å². The Bertz CT molecular complexity index is 1560. The lowest BCUT2D eigenvalue weighted by Gasteiger charge is -2.30. The van der Waals surface area contributed by atoms with Crippen molar-refractivity contribution >= 4 is 29.4 Å². The van der Waals surface area contributed by atoms with Gasteiger partial charge in [-0.3, -0.25) is 14.4 Å². The Kier molecular flexibility index (Phi) is 11.9. The van der Waals surface area contributed by atoms with Gasteiger partial charge in [0.2, 0.25) is 0 Å². The van der Waals surface area contributed by atoms with E-state index >= 15 is 0 Å². The van der Waals surface area contributed by atoms with Crippen molar-refractivity contribution in [2.75, 3.05) is 59.9 Å². The molecule has 2 N–H and O–H groups in total. The highest BCUT2D eigenvalue weighted by Crippen LogP contribution is 2.28. The lowest BCUT2D eigenvalue weighted by molar-refractivity contribution is -1.03. The van der Waals surface area contributed by atoms with Crippen LogP contribution in [-0.2, 0) is 14.3 Å². The summed E-state index contributed by atoms with van der Waals surface area (Å²) in [6.45, 7) is -0.105. The van der Waals surface area contributed by atoms with Crippen LogP contribution in [0.3, 0.4) is 0 Å². The Morgan fingerprint density at radius 3 is 2.13 bits per heavy atom. The topological polar surface area (TPSA) is 150 Å². The van der Waals surface area contributed by atoms with Crippen LogP contribution in [0.2, 0.25) is 0 Å². The normalized spacial score (nSPS) is 17.6. The van der Waals surface area contributed by atoms with Gasteiger partial charge in [0.05, 0.1) is 17.2 Å². The van der Waals surface area contributed by atoms with Gasteiger partial charge in [-0.15, -0.1) is 0 Å². The molecule has 3 aromatic carbocycles. The van der Waals surface area contributed by atoms with Crippen LogP contribution >= 0.6 is 0 Å². The predicted molar refractivity (Wildman–Crippen MR) is 171 cm³/mol. The first-order valence-corrected chi connectivity index (χ1v) is 15.0. The second-order valence-electron chi connectivity index (χ2n) is 11.2. The molecular weight excluding hydrogens is 610 g/mol. The Balaban J connectivity index is 1.48. The van der Waals surface area contributed by atoms with Gasteiger partial charge in [-0.1, -0.05) is 12.1 Å². The van der Waals surface area contributed by atoms with Crippen LogP contribution in [0.1, 0.15) is 55.9 Å². The number of carbonyl (C=O) groups excluding carboxylic acids is 3. The Hall–Kier alpha value is -4.98. The van der Waals surface area contributed by atoms with E-state index in [1.165, 1.54) is 38.5 Å². The van der Waals surface area contributed by atoms with Crippen LogP contribution in [0.5, 0.6) is 11.5 Å². The number of likely N-dealkylation sites (tertiary alicyclic amines) is 1. The Morgan fingerprint density at radius 2 is 1.49 bits per heavy atom. The zero-order valence-electron chi connectivity index (χ0n) is 26.9. The van der Waals surface area contributed by atoms with Crippen LogP contribution in [0.25, 0.3) is 0 Å². The summed E-state index contributed by atoms with van der Waals surface area (Å²) >= 11 is 0. The smallest absolute Gasteiger partial charge is 0.468 e.